The number of benzene rings is 1. The van der Waals surface area contributed by atoms with Gasteiger partial charge in [0.15, 0.2) is 0 Å². The van der Waals surface area contributed by atoms with Crippen molar-refractivity contribution in [1.82, 2.24) is 24.7 Å². The molecule has 1 fully saturated rings. The number of nitrogens with zero attached hydrogens (tertiary/aromatic N) is 4. The molecule has 3 aromatic heterocycles. The smallest absolute Gasteiger partial charge is 0.306 e. The number of imidazole rings is 1. The maximum Gasteiger partial charge on any atom is 0.306 e. The molecule has 0 saturated carbocycles. The number of halogens is 3. The van der Waals surface area contributed by atoms with Crippen LogP contribution in [-0.4, -0.2) is 38.5 Å². The van der Waals surface area contributed by atoms with Crippen LogP contribution < -0.4 is 10.6 Å². The first kappa shape index (κ1) is 20.6. The first-order valence-corrected chi connectivity index (χ1v) is 9.78. The predicted molar refractivity (Wildman–Crippen MR) is 116 cm³/mol. The summed E-state index contributed by atoms with van der Waals surface area (Å²) in [5.41, 5.74) is 2.55. The molecule has 156 valence electrons. The third-order valence-electron chi connectivity index (χ3n) is 5.02. The molecular formula is C20H19Cl2FN6O. The van der Waals surface area contributed by atoms with Crippen molar-refractivity contribution in [3.8, 4) is 22.6 Å². The molecule has 1 saturated heterocycles. The van der Waals surface area contributed by atoms with Crippen LogP contribution in [0.5, 0.6) is 0 Å². The van der Waals surface area contributed by atoms with Crippen LogP contribution >= 0.6 is 24.0 Å². The minimum atomic E-state index is -0.404. The highest BCUT2D eigenvalue weighted by molar-refractivity contribution is 6.33. The van der Waals surface area contributed by atoms with Crippen LogP contribution in [0.1, 0.15) is 12.8 Å². The fourth-order valence-corrected chi connectivity index (χ4v) is 3.87. The maximum absolute atomic E-state index is 13.5. The van der Waals surface area contributed by atoms with E-state index < -0.39 is 5.82 Å². The molecule has 1 aromatic carbocycles. The highest BCUT2D eigenvalue weighted by Crippen LogP contribution is 2.36. The molecule has 4 aromatic rings. The van der Waals surface area contributed by atoms with Gasteiger partial charge in [0.1, 0.15) is 23.5 Å². The van der Waals surface area contributed by atoms with Gasteiger partial charge in [0.05, 0.1) is 10.7 Å². The third-order valence-corrected chi connectivity index (χ3v) is 5.33. The molecule has 0 amide bonds. The zero-order valence-corrected chi connectivity index (χ0v) is 17.4. The second-order valence-electron chi connectivity index (χ2n) is 6.92. The number of rotatable bonds is 4. The van der Waals surface area contributed by atoms with E-state index in [2.05, 4.69) is 20.6 Å². The van der Waals surface area contributed by atoms with Crippen molar-refractivity contribution in [2.24, 2.45) is 0 Å². The number of hydrogen-bond acceptors (Lipinski definition) is 6. The van der Waals surface area contributed by atoms with Gasteiger partial charge >= 0.3 is 5.84 Å². The van der Waals surface area contributed by atoms with Crippen LogP contribution in [-0.2, 0) is 0 Å². The van der Waals surface area contributed by atoms with Crippen molar-refractivity contribution in [3.05, 3.63) is 53.8 Å². The van der Waals surface area contributed by atoms with Crippen LogP contribution in [0.3, 0.4) is 0 Å². The lowest BCUT2D eigenvalue weighted by Crippen LogP contribution is -2.35. The van der Waals surface area contributed by atoms with Gasteiger partial charge in [-0.15, -0.1) is 12.4 Å². The zero-order valence-electron chi connectivity index (χ0n) is 15.8. The van der Waals surface area contributed by atoms with Crippen LogP contribution in [0.2, 0.25) is 5.02 Å². The Bertz CT molecular complexity index is 1170. The summed E-state index contributed by atoms with van der Waals surface area (Å²) < 4.78 is 20.8. The molecule has 0 radical (unpaired) electrons. The van der Waals surface area contributed by atoms with E-state index in [-0.39, 0.29) is 17.4 Å². The first-order chi connectivity index (χ1) is 14.2. The Morgan fingerprint density at radius 2 is 2.03 bits per heavy atom. The monoisotopic (exact) mass is 448 g/mol. The Hall–Kier alpha value is -2.68. The van der Waals surface area contributed by atoms with E-state index in [1.165, 1.54) is 12.1 Å². The first-order valence-electron chi connectivity index (χ1n) is 9.41. The summed E-state index contributed by atoms with van der Waals surface area (Å²) >= 11 is 6.31. The van der Waals surface area contributed by atoms with Gasteiger partial charge in [-0.2, -0.15) is 4.98 Å². The lowest BCUT2D eigenvalue weighted by atomic mass is 10.1. The number of nitrogens with one attached hydrogen (secondary N) is 2. The summed E-state index contributed by atoms with van der Waals surface area (Å²) in [5.74, 6) is 0.560. The Labute approximate surface area is 183 Å². The SMILES string of the molecule is Cl.Fc1ccc(-c2nc3occn3c2-c2ccnc(NC3CCNCC3)n2)c(Cl)c1. The third kappa shape index (κ3) is 3.86. The van der Waals surface area contributed by atoms with E-state index >= 15 is 0 Å². The molecule has 1 aliphatic heterocycles. The largest absolute Gasteiger partial charge is 0.432 e. The highest BCUT2D eigenvalue weighted by Gasteiger charge is 2.22. The summed E-state index contributed by atoms with van der Waals surface area (Å²) in [4.78, 5) is 13.6. The highest BCUT2D eigenvalue weighted by atomic mass is 35.5. The van der Waals surface area contributed by atoms with Crippen LogP contribution in [0.15, 0.2) is 47.3 Å². The fraction of sp³-hybridized carbons (Fsp3) is 0.250. The second-order valence-corrected chi connectivity index (χ2v) is 7.33. The van der Waals surface area contributed by atoms with Crippen molar-refractivity contribution in [2.45, 2.75) is 18.9 Å². The molecule has 2 N–H and O–H groups in total. The van der Waals surface area contributed by atoms with Gasteiger partial charge in [0, 0.05) is 24.0 Å². The van der Waals surface area contributed by atoms with Gasteiger partial charge in [-0.1, -0.05) is 11.6 Å². The van der Waals surface area contributed by atoms with Crippen LogP contribution in [0, 0.1) is 5.82 Å². The Balaban J connectivity index is 0.00000218. The van der Waals surface area contributed by atoms with Gasteiger partial charge in [0.2, 0.25) is 5.95 Å². The number of hydrogen-bond donors (Lipinski definition) is 2. The lowest BCUT2D eigenvalue weighted by molar-refractivity contribution is 0.477. The maximum atomic E-state index is 13.5. The predicted octanol–water partition coefficient (Wildman–Crippen LogP) is 4.43. The molecule has 0 bridgehead atoms. The average Bonchev–Trinajstić information content (AvgIpc) is 3.30. The molecule has 30 heavy (non-hydrogen) atoms. The van der Waals surface area contributed by atoms with Crippen LogP contribution in [0.4, 0.5) is 10.3 Å². The Morgan fingerprint density at radius 3 is 2.83 bits per heavy atom. The number of piperidine rings is 1. The quantitative estimate of drug-likeness (QED) is 0.480. The van der Waals surface area contributed by atoms with Gasteiger partial charge < -0.3 is 15.1 Å². The van der Waals surface area contributed by atoms with Gasteiger partial charge in [-0.3, -0.25) is 4.40 Å². The molecule has 7 nitrogen and oxygen atoms in total. The molecule has 1 aliphatic rings. The van der Waals surface area contributed by atoms with E-state index in [0.717, 1.165) is 25.9 Å². The van der Waals surface area contributed by atoms with Crippen molar-refractivity contribution in [3.63, 3.8) is 0 Å². The Morgan fingerprint density at radius 1 is 1.20 bits per heavy atom. The van der Waals surface area contributed by atoms with Crippen molar-refractivity contribution >= 4 is 35.8 Å². The molecule has 0 unspecified atom stereocenters. The summed E-state index contributed by atoms with van der Waals surface area (Å²) in [5, 5.41) is 7.03. The number of aromatic nitrogens is 4. The van der Waals surface area contributed by atoms with E-state index in [1.54, 1.807) is 29.1 Å². The number of fused-ring (bicyclic) bond motifs is 1. The van der Waals surface area contributed by atoms with Gasteiger partial charge in [-0.25, -0.2) is 14.4 Å². The topological polar surface area (TPSA) is 80.3 Å². The zero-order chi connectivity index (χ0) is 19.8. The average molecular weight is 449 g/mol. The van der Waals surface area contributed by atoms with Gasteiger partial charge in [0.25, 0.3) is 0 Å². The standard InChI is InChI=1S/C20H18ClFN6O.ClH/c21-15-11-12(22)1-2-14(15)17-18(28-9-10-29-20(28)27-17)16-5-8-24-19(26-16)25-13-3-6-23-7-4-13;/h1-2,5,8-11,13,23H,3-4,6-7H2,(H,24,25,26);1H. The van der Waals surface area contributed by atoms with Gasteiger partial charge in [-0.05, 0) is 50.2 Å². The molecule has 0 spiro atoms. The van der Waals surface area contributed by atoms with E-state index in [4.69, 9.17) is 21.0 Å². The summed E-state index contributed by atoms with van der Waals surface area (Å²) in [6, 6.07) is 6.38. The number of anilines is 1. The molecular weight excluding hydrogens is 430 g/mol. The molecule has 10 heteroatoms. The normalized spacial score (nSPS) is 14.6. The fourth-order valence-electron chi connectivity index (χ4n) is 3.61. The minimum absolute atomic E-state index is 0. The van der Waals surface area contributed by atoms with Crippen molar-refractivity contribution in [2.75, 3.05) is 18.4 Å². The van der Waals surface area contributed by atoms with Crippen molar-refractivity contribution in [1.29, 1.82) is 0 Å². The lowest BCUT2D eigenvalue weighted by Gasteiger charge is -2.23. The summed E-state index contributed by atoms with van der Waals surface area (Å²) in [6.45, 7) is 1.95. The number of oxazole rings is 1. The molecule has 0 atom stereocenters. The minimum Gasteiger partial charge on any atom is -0.432 e. The second kappa shape index (κ2) is 8.59. The van der Waals surface area contributed by atoms with E-state index in [1.807, 2.05) is 6.07 Å². The molecule has 4 heterocycles. The van der Waals surface area contributed by atoms with E-state index in [0.29, 0.717) is 40.5 Å². The van der Waals surface area contributed by atoms with Crippen LogP contribution in [0.25, 0.3) is 28.5 Å². The summed E-state index contributed by atoms with van der Waals surface area (Å²) in [6.07, 6.45) is 7.06. The van der Waals surface area contributed by atoms with E-state index in [9.17, 15) is 4.39 Å². The molecule has 5 rings (SSSR count). The Kier molecular flexibility index (Phi) is 5.90. The molecule has 0 aliphatic carbocycles. The van der Waals surface area contributed by atoms with Crippen molar-refractivity contribution < 1.29 is 8.81 Å². The summed E-state index contributed by atoms with van der Waals surface area (Å²) in [7, 11) is 0.